The average Bonchev–Trinajstić information content (AvgIpc) is 2.84. The number of aliphatic carboxylic acids is 1. The normalized spacial score (nSPS) is 11.6. The van der Waals surface area contributed by atoms with Crippen LogP contribution in [0.3, 0.4) is 0 Å². The highest BCUT2D eigenvalue weighted by Crippen LogP contribution is 2.36. The molecule has 0 aliphatic heterocycles. The fourth-order valence-electron chi connectivity index (χ4n) is 3.37. The van der Waals surface area contributed by atoms with Crippen molar-refractivity contribution in [2.24, 2.45) is 0 Å². The van der Waals surface area contributed by atoms with Crippen LogP contribution in [0, 0.1) is 0 Å². The molecule has 13 nitrogen and oxygen atoms in total. The maximum atomic E-state index is 13.4. The van der Waals surface area contributed by atoms with Crippen molar-refractivity contribution in [3.05, 3.63) is 47.5 Å². The number of carbonyl (C=O) groups is 5. The number of hydrogen-bond acceptors (Lipinski definition) is 8. The fraction of sp³-hybridized carbons (Fsp3) is 0.370. The van der Waals surface area contributed by atoms with E-state index in [1.54, 1.807) is 20.8 Å². The number of anilines is 2. The summed E-state index contributed by atoms with van der Waals surface area (Å²) < 4.78 is 10.9. The van der Waals surface area contributed by atoms with E-state index in [9.17, 15) is 34.2 Å². The molecular formula is C27H33N3O10. The van der Waals surface area contributed by atoms with E-state index >= 15 is 0 Å². The van der Waals surface area contributed by atoms with E-state index in [1.807, 2.05) is 6.92 Å². The van der Waals surface area contributed by atoms with Crippen LogP contribution in [0.5, 0.6) is 11.5 Å². The van der Waals surface area contributed by atoms with Gasteiger partial charge in [-0.2, -0.15) is 0 Å². The Kier molecular flexibility index (Phi) is 10.9. The molecule has 0 aliphatic rings. The van der Waals surface area contributed by atoms with Gasteiger partial charge in [-0.05, 0) is 57.0 Å². The molecule has 0 unspecified atom stereocenters. The first-order chi connectivity index (χ1) is 18.7. The van der Waals surface area contributed by atoms with Gasteiger partial charge in [0.2, 0.25) is 5.91 Å². The zero-order valence-corrected chi connectivity index (χ0v) is 22.6. The third kappa shape index (κ3) is 9.49. The predicted molar refractivity (Wildman–Crippen MR) is 144 cm³/mol. The minimum Gasteiger partial charge on any atom is -0.507 e. The number of carbonyl (C=O) groups excluding carboxylic acids is 3. The van der Waals surface area contributed by atoms with Crippen LogP contribution in [0.2, 0.25) is 0 Å². The van der Waals surface area contributed by atoms with Gasteiger partial charge in [0.1, 0.15) is 23.0 Å². The summed E-state index contributed by atoms with van der Waals surface area (Å²) in [6, 6.07) is 7.07. The third-order valence-electron chi connectivity index (χ3n) is 5.21. The molecule has 2 aromatic carbocycles. The van der Waals surface area contributed by atoms with Crippen LogP contribution in [0.1, 0.15) is 56.5 Å². The molecule has 6 N–H and O–H groups in total. The number of amides is 3. The molecule has 0 spiro atoms. The highest BCUT2D eigenvalue weighted by molar-refractivity contribution is 6.36. The fourth-order valence-corrected chi connectivity index (χ4v) is 3.37. The Hall–Kier alpha value is -4.81. The lowest BCUT2D eigenvalue weighted by molar-refractivity contribution is -0.147. The predicted octanol–water partition coefficient (Wildman–Crippen LogP) is 3.37. The van der Waals surface area contributed by atoms with Gasteiger partial charge in [0.25, 0.3) is 0 Å². The van der Waals surface area contributed by atoms with E-state index in [4.69, 9.17) is 14.6 Å². The number of ether oxygens (including phenoxy) is 2. The van der Waals surface area contributed by atoms with Crippen LogP contribution < -0.4 is 20.7 Å². The summed E-state index contributed by atoms with van der Waals surface area (Å²) in [5.74, 6) is -5.85. The Morgan fingerprint density at radius 2 is 1.60 bits per heavy atom. The number of alkyl carbamates (subject to hydrolysis) is 1. The monoisotopic (exact) mass is 559 g/mol. The van der Waals surface area contributed by atoms with Crippen LogP contribution in [0.4, 0.5) is 16.2 Å². The summed E-state index contributed by atoms with van der Waals surface area (Å²) in [5.41, 5.74) is -0.677. The van der Waals surface area contributed by atoms with Crippen LogP contribution in [-0.2, 0) is 25.5 Å². The molecule has 2 aromatic rings. The van der Waals surface area contributed by atoms with Gasteiger partial charge in [0.15, 0.2) is 5.75 Å². The summed E-state index contributed by atoms with van der Waals surface area (Å²) in [6.07, 6.45) is 0.403. The van der Waals surface area contributed by atoms with Crippen molar-refractivity contribution in [3.63, 3.8) is 0 Å². The SMILES string of the molecule is CCCCOc1c(NC(=O)[C@H](Cc2ccc(NC(=O)C(=O)O)cc2)NC(=O)OC(C)(C)C)ccc(O)c1C(=O)O. The molecule has 216 valence electrons. The average molecular weight is 560 g/mol. The number of carboxylic acid groups (broad SMARTS) is 2. The first-order valence-electron chi connectivity index (χ1n) is 12.4. The molecule has 13 heteroatoms. The van der Waals surface area contributed by atoms with Crippen molar-refractivity contribution in [3.8, 4) is 11.5 Å². The molecule has 0 bridgehead atoms. The van der Waals surface area contributed by atoms with Gasteiger partial charge in [-0.25, -0.2) is 14.4 Å². The number of aromatic hydroxyl groups is 1. The minimum absolute atomic E-state index is 0.0287. The smallest absolute Gasteiger partial charge is 0.408 e. The molecule has 1 atom stereocenters. The lowest BCUT2D eigenvalue weighted by Gasteiger charge is -2.24. The molecule has 0 aliphatic carbocycles. The number of nitrogens with one attached hydrogen (secondary N) is 3. The number of hydrogen-bond donors (Lipinski definition) is 6. The Morgan fingerprint density at radius 3 is 2.15 bits per heavy atom. The minimum atomic E-state index is -1.65. The van der Waals surface area contributed by atoms with E-state index in [-0.39, 0.29) is 30.2 Å². The molecule has 0 saturated carbocycles. The second-order valence-electron chi connectivity index (χ2n) is 9.69. The summed E-state index contributed by atoms with van der Waals surface area (Å²) >= 11 is 0. The summed E-state index contributed by atoms with van der Waals surface area (Å²) in [6.45, 7) is 6.99. The lowest BCUT2D eigenvalue weighted by atomic mass is 10.0. The standard InChI is InChI=1S/C27H33N3O10/c1-5-6-13-39-21-17(11-12-19(31)20(21)24(34)35)29-22(32)18(30-26(38)40-27(2,3)4)14-15-7-9-16(10-8-15)28-23(33)25(36)37/h7-12,18,31H,5-6,13-14H2,1-4H3,(H,28,33)(H,29,32)(H,30,38)(H,34,35)(H,36,37)/t18-/m0/s1. The van der Waals surface area contributed by atoms with Crippen LogP contribution in [0.15, 0.2) is 36.4 Å². The maximum absolute atomic E-state index is 13.4. The summed E-state index contributed by atoms with van der Waals surface area (Å²) in [7, 11) is 0. The first-order valence-corrected chi connectivity index (χ1v) is 12.4. The highest BCUT2D eigenvalue weighted by Gasteiger charge is 2.28. The van der Waals surface area contributed by atoms with E-state index in [2.05, 4.69) is 16.0 Å². The number of carboxylic acids is 2. The Balaban J connectivity index is 2.36. The molecule has 3 amide bonds. The van der Waals surface area contributed by atoms with Crippen molar-refractivity contribution in [2.75, 3.05) is 17.2 Å². The Morgan fingerprint density at radius 1 is 0.950 bits per heavy atom. The first kappa shape index (κ1) is 31.4. The lowest BCUT2D eigenvalue weighted by Crippen LogP contribution is -2.47. The molecule has 2 rings (SSSR count). The Bertz CT molecular complexity index is 1250. The summed E-state index contributed by atoms with van der Waals surface area (Å²) in [4.78, 5) is 59.9. The molecule has 0 heterocycles. The molecule has 0 aromatic heterocycles. The van der Waals surface area contributed by atoms with Gasteiger partial charge in [0.05, 0.1) is 12.3 Å². The number of unbranched alkanes of at least 4 members (excludes halogenated alkanes) is 1. The number of rotatable bonds is 11. The van der Waals surface area contributed by atoms with E-state index in [1.165, 1.54) is 30.3 Å². The van der Waals surface area contributed by atoms with E-state index in [0.29, 0.717) is 12.0 Å². The zero-order chi connectivity index (χ0) is 30.0. The number of benzene rings is 2. The van der Waals surface area contributed by atoms with Crippen molar-refractivity contribution in [1.82, 2.24) is 5.32 Å². The van der Waals surface area contributed by atoms with Gasteiger partial charge in [0, 0.05) is 12.1 Å². The van der Waals surface area contributed by atoms with Crippen LogP contribution in [0.25, 0.3) is 0 Å². The molecular weight excluding hydrogens is 526 g/mol. The van der Waals surface area contributed by atoms with Crippen molar-refractivity contribution < 1.29 is 48.8 Å². The largest absolute Gasteiger partial charge is 0.507 e. The van der Waals surface area contributed by atoms with Crippen LogP contribution in [-0.4, -0.2) is 63.4 Å². The quantitative estimate of drug-likeness (QED) is 0.135. The van der Waals surface area contributed by atoms with Gasteiger partial charge >= 0.3 is 23.9 Å². The van der Waals surface area contributed by atoms with E-state index in [0.717, 1.165) is 12.5 Å². The highest BCUT2D eigenvalue weighted by atomic mass is 16.6. The molecule has 0 fully saturated rings. The molecule has 40 heavy (non-hydrogen) atoms. The van der Waals surface area contributed by atoms with Gasteiger partial charge < -0.3 is 40.7 Å². The van der Waals surface area contributed by atoms with E-state index < -0.39 is 52.8 Å². The molecule has 0 saturated heterocycles. The van der Waals surface area contributed by atoms with Gasteiger partial charge in [-0.3, -0.25) is 9.59 Å². The van der Waals surface area contributed by atoms with Crippen molar-refractivity contribution >= 4 is 41.2 Å². The second kappa shape index (κ2) is 13.8. The Labute approximate surface area is 230 Å². The molecule has 0 radical (unpaired) electrons. The third-order valence-corrected chi connectivity index (χ3v) is 5.21. The summed E-state index contributed by atoms with van der Waals surface area (Å²) in [5, 5.41) is 35.7. The maximum Gasteiger partial charge on any atom is 0.408 e. The topological polar surface area (TPSA) is 201 Å². The van der Waals surface area contributed by atoms with Crippen molar-refractivity contribution in [2.45, 2.75) is 58.6 Å². The number of aromatic carboxylic acids is 1. The second-order valence-corrected chi connectivity index (χ2v) is 9.69. The number of phenols is 1. The van der Waals surface area contributed by atoms with Gasteiger partial charge in [-0.1, -0.05) is 25.5 Å². The van der Waals surface area contributed by atoms with Gasteiger partial charge in [-0.15, -0.1) is 0 Å². The van der Waals surface area contributed by atoms with Crippen molar-refractivity contribution in [1.29, 1.82) is 0 Å². The zero-order valence-electron chi connectivity index (χ0n) is 22.6. The van der Waals surface area contributed by atoms with Crippen LogP contribution >= 0.6 is 0 Å².